The first-order chi connectivity index (χ1) is 11.1. The largest absolute Gasteiger partial charge is 0.391 e. The Balaban J connectivity index is 1.87. The second-order valence-electron chi connectivity index (χ2n) is 5.74. The third-order valence-corrected chi connectivity index (χ3v) is 3.49. The Morgan fingerprint density at radius 3 is 2.13 bits per heavy atom. The van der Waals surface area contributed by atoms with Crippen LogP contribution in [0.2, 0.25) is 0 Å². The molecule has 2 N–H and O–H groups in total. The lowest BCUT2D eigenvalue weighted by Crippen LogP contribution is -2.41. The first-order valence-electron chi connectivity index (χ1n) is 7.86. The summed E-state index contributed by atoms with van der Waals surface area (Å²) in [6, 6.07) is 20.1. The number of hydrogen-bond acceptors (Lipinski definition) is 2. The van der Waals surface area contributed by atoms with E-state index in [0.29, 0.717) is 19.5 Å². The lowest BCUT2D eigenvalue weighted by atomic mass is 10.1. The van der Waals surface area contributed by atoms with Crippen molar-refractivity contribution in [2.75, 3.05) is 20.6 Å². The minimum atomic E-state index is -0.445. The molecule has 4 nitrogen and oxygen atoms in total. The van der Waals surface area contributed by atoms with E-state index >= 15 is 0 Å². The fraction of sp³-hybridized carbons (Fsp3) is 0.316. The van der Waals surface area contributed by atoms with Crippen molar-refractivity contribution in [3.05, 3.63) is 71.8 Å². The van der Waals surface area contributed by atoms with Crippen LogP contribution in [0.15, 0.2) is 65.7 Å². The predicted octanol–water partition coefficient (Wildman–Crippen LogP) is 2.30. The quantitative estimate of drug-likeness (QED) is 0.636. The third kappa shape index (κ3) is 6.12. The highest BCUT2D eigenvalue weighted by molar-refractivity contribution is 5.79. The van der Waals surface area contributed by atoms with E-state index in [1.807, 2.05) is 67.5 Å². The van der Waals surface area contributed by atoms with E-state index in [4.69, 9.17) is 0 Å². The fourth-order valence-corrected chi connectivity index (χ4v) is 2.27. The first kappa shape index (κ1) is 17.0. The molecule has 4 heteroatoms. The van der Waals surface area contributed by atoms with Crippen molar-refractivity contribution >= 4 is 5.96 Å². The number of hydrogen-bond donors (Lipinski definition) is 2. The highest BCUT2D eigenvalue weighted by Gasteiger charge is 2.08. The van der Waals surface area contributed by atoms with Crippen LogP contribution in [0.25, 0.3) is 0 Å². The number of nitrogens with zero attached hydrogens (tertiary/aromatic N) is 2. The summed E-state index contributed by atoms with van der Waals surface area (Å²) in [6.45, 7) is 1.09. The molecular weight excluding hydrogens is 286 g/mol. The van der Waals surface area contributed by atoms with E-state index in [2.05, 4.69) is 22.4 Å². The average Bonchev–Trinajstić information content (AvgIpc) is 2.56. The topological polar surface area (TPSA) is 47.9 Å². The molecule has 0 heterocycles. The van der Waals surface area contributed by atoms with Gasteiger partial charge in [-0.15, -0.1) is 0 Å². The average molecular weight is 311 g/mol. The molecule has 0 bridgehead atoms. The van der Waals surface area contributed by atoms with Gasteiger partial charge in [-0.3, -0.25) is 0 Å². The third-order valence-electron chi connectivity index (χ3n) is 3.49. The summed E-state index contributed by atoms with van der Waals surface area (Å²) in [4.78, 5) is 6.52. The molecule has 2 rings (SSSR count). The van der Waals surface area contributed by atoms with Crippen molar-refractivity contribution in [1.82, 2.24) is 10.2 Å². The predicted molar refractivity (Wildman–Crippen MR) is 95.4 cm³/mol. The molecule has 0 saturated heterocycles. The Kier molecular flexibility index (Phi) is 6.63. The van der Waals surface area contributed by atoms with Gasteiger partial charge in [0.25, 0.3) is 0 Å². The maximum atomic E-state index is 10.2. The zero-order valence-corrected chi connectivity index (χ0v) is 13.8. The Bertz CT molecular complexity index is 597. The highest BCUT2D eigenvalue weighted by Crippen LogP contribution is 2.03. The number of nitrogens with one attached hydrogen (secondary N) is 1. The van der Waals surface area contributed by atoms with Gasteiger partial charge in [0.05, 0.1) is 12.6 Å². The van der Waals surface area contributed by atoms with Crippen molar-refractivity contribution in [2.45, 2.75) is 19.1 Å². The van der Waals surface area contributed by atoms with Crippen molar-refractivity contribution in [3.8, 4) is 0 Å². The maximum absolute atomic E-state index is 10.2. The van der Waals surface area contributed by atoms with Gasteiger partial charge >= 0.3 is 0 Å². The van der Waals surface area contributed by atoms with Gasteiger partial charge in [0, 0.05) is 27.1 Å². The van der Waals surface area contributed by atoms with Crippen molar-refractivity contribution in [1.29, 1.82) is 0 Å². The summed E-state index contributed by atoms with van der Waals surface area (Å²) < 4.78 is 0. The number of aliphatic hydroxyl groups excluding tert-OH is 1. The molecule has 0 radical (unpaired) electrons. The van der Waals surface area contributed by atoms with Gasteiger partial charge in [0.2, 0.25) is 0 Å². The summed E-state index contributed by atoms with van der Waals surface area (Å²) in [5.74, 6) is 0.779. The smallest absolute Gasteiger partial charge is 0.193 e. The van der Waals surface area contributed by atoms with Crippen LogP contribution in [0.3, 0.4) is 0 Å². The SMILES string of the molecule is CN(C)C(=NCc1ccccc1)NCC(O)Cc1ccccc1. The van der Waals surface area contributed by atoms with Crippen molar-refractivity contribution < 1.29 is 5.11 Å². The number of guanidine groups is 1. The highest BCUT2D eigenvalue weighted by atomic mass is 16.3. The second-order valence-corrected chi connectivity index (χ2v) is 5.74. The summed E-state index contributed by atoms with van der Waals surface area (Å²) >= 11 is 0. The monoisotopic (exact) mass is 311 g/mol. The molecule has 0 amide bonds. The molecule has 2 aromatic carbocycles. The van der Waals surface area contributed by atoms with Gasteiger partial charge < -0.3 is 15.3 Å². The molecule has 0 fully saturated rings. The molecular formula is C19H25N3O. The summed E-state index contributed by atoms with van der Waals surface area (Å²) in [6.07, 6.45) is 0.187. The molecule has 1 atom stereocenters. The molecule has 2 aromatic rings. The Labute approximate surface area is 138 Å². The minimum Gasteiger partial charge on any atom is -0.391 e. The van der Waals surface area contributed by atoms with E-state index in [9.17, 15) is 5.11 Å². The summed E-state index contributed by atoms with van der Waals surface area (Å²) in [7, 11) is 3.89. The van der Waals surface area contributed by atoms with Crippen LogP contribution in [0.1, 0.15) is 11.1 Å². The first-order valence-corrected chi connectivity index (χ1v) is 7.86. The van der Waals surface area contributed by atoms with E-state index in [-0.39, 0.29) is 0 Å². The van der Waals surface area contributed by atoms with Crippen LogP contribution in [-0.4, -0.2) is 42.7 Å². The molecule has 0 aliphatic rings. The Hall–Kier alpha value is -2.33. The van der Waals surface area contributed by atoms with Crippen LogP contribution < -0.4 is 5.32 Å². The van der Waals surface area contributed by atoms with Crippen LogP contribution in [0, 0.1) is 0 Å². The van der Waals surface area contributed by atoms with Crippen LogP contribution in [0.5, 0.6) is 0 Å². The Morgan fingerprint density at radius 2 is 1.57 bits per heavy atom. The van der Waals surface area contributed by atoms with Crippen LogP contribution >= 0.6 is 0 Å². The van der Waals surface area contributed by atoms with E-state index in [1.165, 1.54) is 5.56 Å². The maximum Gasteiger partial charge on any atom is 0.193 e. The lowest BCUT2D eigenvalue weighted by molar-refractivity contribution is 0.177. The van der Waals surface area contributed by atoms with Gasteiger partial charge in [0.15, 0.2) is 5.96 Å². The molecule has 23 heavy (non-hydrogen) atoms. The number of aliphatic imine (C=N–C) groups is 1. The normalized spacial score (nSPS) is 12.7. The van der Waals surface area contributed by atoms with Gasteiger partial charge in [-0.1, -0.05) is 60.7 Å². The van der Waals surface area contributed by atoms with Gasteiger partial charge in [-0.25, -0.2) is 4.99 Å². The second kappa shape index (κ2) is 8.96. The molecule has 0 saturated carbocycles. The lowest BCUT2D eigenvalue weighted by Gasteiger charge is -2.20. The summed E-state index contributed by atoms with van der Waals surface area (Å²) in [5, 5.41) is 13.4. The van der Waals surface area contributed by atoms with E-state index in [1.54, 1.807) is 0 Å². The van der Waals surface area contributed by atoms with Crippen molar-refractivity contribution in [3.63, 3.8) is 0 Å². The van der Waals surface area contributed by atoms with Gasteiger partial charge in [-0.2, -0.15) is 0 Å². The number of aliphatic hydroxyl groups is 1. The molecule has 122 valence electrons. The van der Waals surface area contributed by atoms with Gasteiger partial charge in [0.1, 0.15) is 0 Å². The van der Waals surface area contributed by atoms with Crippen LogP contribution in [-0.2, 0) is 13.0 Å². The van der Waals surface area contributed by atoms with E-state index in [0.717, 1.165) is 11.5 Å². The standard InChI is InChI=1S/C19H25N3O/c1-22(2)19(20-14-17-11-7-4-8-12-17)21-15-18(23)13-16-9-5-3-6-10-16/h3-12,18,23H,13-15H2,1-2H3,(H,20,21). The van der Waals surface area contributed by atoms with Gasteiger partial charge in [-0.05, 0) is 11.1 Å². The van der Waals surface area contributed by atoms with Crippen molar-refractivity contribution in [2.24, 2.45) is 4.99 Å². The number of benzene rings is 2. The summed E-state index contributed by atoms with van der Waals surface area (Å²) in [5.41, 5.74) is 2.30. The zero-order valence-electron chi connectivity index (χ0n) is 13.8. The van der Waals surface area contributed by atoms with E-state index < -0.39 is 6.10 Å². The number of rotatable bonds is 6. The Morgan fingerprint density at radius 1 is 1.00 bits per heavy atom. The molecule has 0 aliphatic heterocycles. The molecule has 1 unspecified atom stereocenters. The fourth-order valence-electron chi connectivity index (χ4n) is 2.27. The molecule has 0 aliphatic carbocycles. The zero-order chi connectivity index (χ0) is 16.5. The molecule has 0 spiro atoms. The van der Waals surface area contributed by atoms with Crippen LogP contribution in [0.4, 0.5) is 0 Å². The minimum absolute atomic E-state index is 0.445. The molecule has 0 aromatic heterocycles.